The average molecular weight is 260 g/mol. The lowest BCUT2D eigenvalue weighted by atomic mass is 9.82. The fraction of sp³-hybridized carbons (Fsp3) is 0.562. The fourth-order valence-electron chi connectivity index (χ4n) is 2.78. The molecule has 3 heteroatoms. The quantitative estimate of drug-likeness (QED) is 0.878. The van der Waals surface area contributed by atoms with Crippen molar-refractivity contribution in [3.8, 4) is 0 Å². The van der Waals surface area contributed by atoms with Crippen molar-refractivity contribution in [2.45, 2.75) is 51.5 Å². The molecule has 1 aromatic rings. The maximum absolute atomic E-state index is 12.2. The molecule has 0 spiro atoms. The number of nitrogens with two attached hydrogens (primary N) is 1. The highest BCUT2D eigenvalue weighted by Crippen LogP contribution is 2.25. The number of hydrogen-bond donors (Lipinski definition) is 2. The van der Waals surface area contributed by atoms with Crippen LogP contribution in [-0.4, -0.2) is 18.0 Å². The number of nitrogens with one attached hydrogen (secondary N) is 1. The monoisotopic (exact) mass is 260 g/mol. The molecule has 1 fully saturated rings. The maximum atomic E-state index is 12.2. The van der Waals surface area contributed by atoms with Gasteiger partial charge >= 0.3 is 0 Å². The van der Waals surface area contributed by atoms with Crippen LogP contribution in [0.5, 0.6) is 0 Å². The molecule has 0 saturated heterocycles. The lowest BCUT2D eigenvalue weighted by Gasteiger charge is -2.33. The summed E-state index contributed by atoms with van der Waals surface area (Å²) in [6.07, 6.45) is 5.65. The summed E-state index contributed by atoms with van der Waals surface area (Å²) in [4.78, 5) is 12.2. The molecule has 0 unspecified atom stereocenters. The SMILES string of the molecule is Cc1cccc(C(=O)NCC2(N)CCCCC2)c1C. The molecular formula is C16H24N2O. The molecule has 3 nitrogen and oxygen atoms in total. The molecule has 0 aromatic heterocycles. The third kappa shape index (κ3) is 3.35. The van der Waals surface area contributed by atoms with Gasteiger partial charge in [-0.05, 0) is 43.9 Å². The minimum Gasteiger partial charge on any atom is -0.350 e. The van der Waals surface area contributed by atoms with E-state index in [1.807, 2.05) is 32.0 Å². The summed E-state index contributed by atoms with van der Waals surface area (Å²) < 4.78 is 0. The van der Waals surface area contributed by atoms with E-state index >= 15 is 0 Å². The molecule has 0 atom stereocenters. The Morgan fingerprint density at radius 2 is 1.95 bits per heavy atom. The first-order chi connectivity index (χ1) is 9.02. The summed E-state index contributed by atoms with van der Waals surface area (Å²) in [5, 5.41) is 3.01. The van der Waals surface area contributed by atoms with Crippen LogP contribution < -0.4 is 11.1 Å². The van der Waals surface area contributed by atoms with Gasteiger partial charge in [-0.15, -0.1) is 0 Å². The maximum Gasteiger partial charge on any atom is 0.251 e. The van der Waals surface area contributed by atoms with Gasteiger partial charge in [0.25, 0.3) is 5.91 Å². The van der Waals surface area contributed by atoms with E-state index in [1.165, 1.54) is 19.3 Å². The van der Waals surface area contributed by atoms with E-state index in [4.69, 9.17) is 5.73 Å². The van der Waals surface area contributed by atoms with E-state index in [0.717, 1.165) is 29.5 Å². The first-order valence-electron chi connectivity index (χ1n) is 7.15. The fourth-order valence-corrected chi connectivity index (χ4v) is 2.78. The van der Waals surface area contributed by atoms with Gasteiger partial charge in [-0.3, -0.25) is 4.79 Å². The van der Waals surface area contributed by atoms with Crippen LogP contribution >= 0.6 is 0 Å². The number of aryl methyl sites for hydroxylation is 1. The third-order valence-electron chi connectivity index (χ3n) is 4.30. The average Bonchev–Trinajstić information content (AvgIpc) is 2.40. The van der Waals surface area contributed by atoms with Crippen LogP contribution in [0.15, 0.2) is 18.2 Å². The predicted molar refractivity (Wildman–Crippen MR) is 78.3 cm³/mol. The Morgan fingerprint density at radius 1 is 1.26 bits per heavy atom. The van der Waals surface area contributed by atoms with Gasteiger partial charge in [0.05, 0.1) is 0 Å². The van der Waals surface area contributed by atoms with E-state index in [-0.39, 0.29) is 11.4 Å². The van der Waals surface area contributed by atoms with Crippen LogP contribution in [0.1, 0.15) is 53.6 Å². The Balaban J connectivity index is 1.99. The Morgan fingerprint density at radius 3 is 2.63 bits per heavy atom. The minimum atomic E-state index is -0.203. The zero-order valence-corrected chi connectivity index (χ0v) is 12.0. The Hall–Kier alpha value is -1.35. The molecule has 104 valence electrons. The smallest absolute Gasteiger partial charge is 0.251 e. The zero-order valence-electron chi connectivity index (χ0n) is 12.0. The highest BCUT2D eigenvalue weighted by atomic mass is 16.1. The van der Waals surface area contributed by atoms with Gasteiger partial charge < -0.3 is 11.1 Å². The van der Waals surface area contributed by atoms with Crippen molar-refractivity contribution in [1.82, 2.24) is 5.32 Å². The summed E-state index contributed by atoms with van der Waals surface area (Å²) in [5.74, 6) is -0.00315. The zero-order chi connectivity index (χ0) is 13.9. The number of benzene rings is 1. The second kappa shape index (κ2) is 5.74. The Labute approximate surface area is 115 Å². The van der Waals surface area contributed by atoms with Gasteiger partial charge in [0.15, 0.2) is 0 Å². The molecule has 19 heavy (non-hydrogen) atoms. The first kappa shape index (κ1) is 14.1. The molecule has 3 N–H and O–H groups in total. The molecule has 0 radical (unpaired) electrons. The van der Waals surface area contributed by atoms with Crippen molar-refractivity contribution in [2.75, 3.05) is 6.54 Å². The lowest BCUT2D eigenvalue weighted by molar-refractivity contribution is 0.0937. The van der Waals surface area contributed by atoms with Crippen molar-refractivity contribution in [3.63, 3.8) is 0 Å². The summed E-state index contributed by atoms with van der Waals surface area (Å²) in [5.41, 5.74) is 9.10. The molecule has 1 saturated carbocycles. The largest absolute Gasteiger partial charge is 0.350 e. The summed E-state index contributed by atoms with van der Waals surface area (Å²) in [6.45, 7) is 4.60. The molecular weight excluding hydrogens is 236 g/mol. The normalized spacial score (nSPS) is 18.1. The summed E-state index contributed by atoms with van der Waals surface area (Å²) in [6, 6.07) is 5.83. The second-order valence-electron chi connectivity index (χ2n) is 5.85. The van der Waals surface area contributed by atoms with Gasteiger partial charge in [-0.2, -0.15) is 0 Å². The van der Waals surface area contributed by atoms with Crippen LogP contribution in [-0.2, 0) is 0 Å². The van der Waals surface area contributed by atoms with E-state index in [0.29, 0.717) is 6.54 Å². The summed E-state index contributed by atoms with van der Waals surface area (Å²) in [7, 11) is 0. The lowest BCUT2D eigenvalue weighted by Crippen LogP contribution is -2.51. The van der Waals surface area contributed by atoms with Gasteiger partial charge in [-0.1, -0.05) is 31.4 Å². The Kier molecular flexibility index (Phi) is 4.25. The molecule has 1 aliphatic rings. The van der Waals surface area contributed by atoms with Crippen LogP contribution in [0.25, 0.3) is 0 Å². The van der Waals surface area contributed by atoms with Gasteiger partial charge in [-0.25, -0.2) is 0 Å². The molecule has 1 aliphatic carbocycles. The number of amides is 1. The minimum absolute atomic E-state index is 0.00315. The molecule has 0 bridgehead atoms. The van der Waals surface area contributed by atoms with Crippen molar-refractivity contribution < 1.29 is 4.79 Å². The number of hydrogen-bond acceptors (Lipinski definition) is 2. The topological polar surface area (TPSA) is 55.1 Å². The van der Waals surface area contributed by atoms with Crippen LogP contribution in [0, 0.1) is 13.8 Å². The third-order valence-corrected chi connectivity index (χ3v) is 4.30. The number of rotatable bonds is 3. The van der Waals surface area contributed by atoms with Crippen molar-refractivity contribution >= 4 is 5.91 Å². The molecule has 1 amide bonds. The number of carbonyl (C=O) groups is 1. The number of carbonyl (C=O) groups excluding carboxylic acids is 1. The van der Waals surface area contributed by atoms with E-state index in [9.17, 15) is 4.79 Å². The highest BCUT2D eigenvalue weighted by molar-refractivity contribution is 5.95. The molecule has 2 rings (SSSR count). The second-order valence-corrected chi connectivity index (χ2v) is 5.85. The van der Waals surface area contributed by atoms with Crippen molar-refractivity contribution in [3.05, 3.63) is 34.9 Å². The summed E-state index contributed by atoms with van der Waals surface area (Å²) >= 11 is 0. The first-order valence-corrected chi connectivity index (χ1v) is 7.15. The van der Waals surface area contributed by atoms with Crippen molar-refractivity contribution in [1.29, 1.82) is 0 Å². The molecule has 0 aliphatic heterocycles. The Bertz CT molecular complexity index is 462. The van der Waals surface area contributed by atoms with Gasteiger partial charge in [0, 0.05) is 17.6 Å². The van der Waals surface area contributed by atoms with E-state index < -0.39 is 0 Å². The van der Waals surface area contributed by atoms with Crippen LogP contribution in [0.3, 0.4) is 0 Å². The van der Waals surface area contributed by atoms with Crippen LogP contribution in [0.4, 0.5) is 0 Å². The molecule has 1 aromatic carbocycles. The van der Waals surface area contributed by atoms with Gasteiger partial charge in [0.2, 0.25) is 0 Å². The van der Waals surface area contributed by atoms with Crippen molar-refractivity contribution in [2.24, 2.45) is 5.73 Å². The van der Waals surface area contributed by atoms with Crippen LogP contribution in [0.2, 0.25) is 0 Å². The van der Waals surface area contributed by atoms with E-state index in [2.05, 4.69) is 5.32 Å². The highest BCUT2D eigenvalue weighted by Gasteiger charge is 2.27. The van der Waals surface area contributed by atoms with Gasteiger partial charge in [0.1, 0.15) is 0 Å². The predicted octanol–water partition coefficient (Wildman–Crippen LogP) is 2.69. The standard InChI is InChI=1S/C16H24N2O/c1-12-7-6-8-14(13(12)2)15(19)18-11-16(17)9-4-3-5-10-16/h6-8H,3-5,9-11,17H2,1-2H3,(H,18,19). The van der Waals surface area contributed by atoms with E-state index in [1.54, 1.807) is 0 Å². The molecule has 0 heterocycles.